The molecule has 17 nitrogen and oxygen atoms in total. The van der Waals surface area contributed by atoms with E-state index in [1.807, 2.05) is 41.5 Å². The van der Waals surface area contributed by atoms with Crippen LogP contribution in [0.25, 0.3) is 0 Å². The van der Waals surface area contributed by atoms with Crippen LogP contribution in [0.4, 0.5) is 0 Å². The van der Waals surface area contributed by atoms with Crippen molar-refractivity contribution in [3.8, 4) is 40.2 Å². The molecule has 5 aromatic rings. The Hall–Kier alpha value is -8.86. The molecule has 0 aliphatic carbocycles. The minimum Gasteiger partial charge on any atom is -0.508 e. The summed E-state index contributed by atoms with van der Waals surface area (Å²) in [6.45, 7) is 24.8. The summed E-state index contributed by atoms with van der Waals surface area (Å²) in [5.74, 6) is -0.105. The van der Waals surface area contributed by atoms with E-state index in [1.165, 1.54) is 24.3 Å². The number of carboxylic acid groups (broad SMARTS) is 1. The molecule has 0 radical (unpaired) electrons. The number of rotatable bonds is 32. The van der Waals surface area contributed by atoms with Crippen molar-refractivity contribution < 1.29 is 82.0 Å². The lowest BCUT2D eigenvalue weighted by Crippen LogP contribution is -2.17. The predicted molar refractivity (Wildman–Crippen MR) is 325 cm³/mol. The van der Waals surface area contributed by atoms with Crippen LogP contribution in [-0.2, 0) is 39.4 Å². The molecule has 0 aliphatic rings. The number of aromatic hydroxyl groups is 2. The van der Waals surface area contributed by atoms with Gasteiger partial charge in [-0.05, 0) is 197 Å². The minimum atomic E-state index is -0.946. The number of unbranched alkanes of at least 4 members (excludes halogenated alkanes) is 9. The van der Waals surface area contributed by atoms with E-state index in [0.717, 1.165) is 101 Å². The highest BCUT2D eigenvalue weighted by Crippen LogP contribution is 2.36. The Kier molecular flexibility index (Phi) is 31.5. The summed E-state index contributed by atoms with van der Waals surface area (Å²) in [6, 6.07) is 29.4. The molecular formula is C68H84O17. The van der Waals surface area contributed by atoms with Crippen LogP contribution in [0.15, 0.2) is 147 Å². The second-order valence-electron chi connectivity index (χ2n) is 21.4. The SMILES string of the molecule is C=CC(=O)OCCCCCCOc1ccc(C(=O)O)cc1.C=CC(=O)OCCCCCCOc1ccc(C(=O)Oc2ccc(OC(=O)c3ccc(OCCCCCCOC(=O)C=C)cc3)c(C(C)(C)C)c2)cc1.CC(C)(C)c1cc(O)ccc1O. The molecule has 0 aliphatic heterocycles. The summed E-state index contributed by atoms with van der Waals surface area (Å²) in [6.07, 6.45) is 14.1. The quantitative estimate of drug-likeness (QED) is 0.00906. The van der Waals surface area contributed by atoms with Gasteiger partial charge in [0.2, 0.25) is 0 Å². The lowest BCUT2D eigenvalue weighted by Gasteiger charge is -2.23. The van der Waals surface area contributed by atoms with Gasteiger partial charge in [-0.15, -0.1) is 0 Å². The summed E-state index contributed by atoms with van der Waals surface area (Å²) in [5, 5.41) is 27.4. The number of benzene rings is 5. The van der Waals surface area contributed by atoms with Gasteiger partial charge in [-0.2, -0.15) is 0 Å². The van der Waals surface area contributed by atoms with E-state index >= 15 is 0 Å². The maximum atomic E-state index is 13.1. The van der Waals surface area contributed by atoms with E-state index < -0.39 is 35.3 Å². The smallest absolute Gasteiger partial charge is 0.343 e. The second-order valence-corrected chi connectivity index (χ2v) is 21.4. The molecule has 0 aromatic heterocycles. The summed E-state index contributed by atoms with van der Waals surface area (Å²) in [7, 11) is 0. The van der Waals surface area contributed by atoms with Crippen LogP contribution in [-0.4, -0.2) is 90.8 Å². The van der Waals surface area contributed by atoms with Gasteiger partial charge >= 0.3 is 35.8 Å². The molecule has 17 heteroatoms. The predicted octanol–water partition coefficient (Wildman–Crippen LogP) is 14.2. The molecular weight excluding hydrogens is 1090 g/mol. The zero-order valence-corrected chi connectivity index (χ0v) is 50.0. The largest absolute Gasteiger partial charge is 0.508 e. The number of aromatic carboxylic acids is 1. The van der Waals surface area contributed by atoms with Crippen LogP contribution in [0.2, 0.25) is 0 Å². The molecule has 0 bridgehead atoms. The third-order valence-electron chi connectivity index (χ3n) is 12.4. The van der Waals surface area contributed by atoms with Gasteiger partial charge in [0.05, 0.1) is 56.3 Å². The van der Waals surface area contributed by atoms with E-state index in [-0.39, 0.29) is 28.4 Å². The third-order valence-corrected chi connectivity index (χ3v) is 12.4. The maximum absolute atomic E-state index is 13.1. The number of phenolic OH excluding ortho intramolecular Hbond substituents is 2. The molecule has 3 N–H and O–H groups in total. The van der Waals surface area contributed by atoms with Gasteiger partial charge in [0.15, 0.2) is 0 Å². The van der Waals surface area contributed by atoms with Gasteiger partial charge in [-0.3, -0.25) is 0 Å². The Morgan fingerprint density at radius 3 is 1.08 bits per heavy atom. The van der Waals surface area contributed by atoms with Crippen molar-refractivity contribution in [3.63, 3.8) is 0 Å². The first kappa shape index (κ1) is 70.4. The van der Waals surface area contributed by atoms with Gasteiger partial charge in [-0.1, -0.05) is 61.3 Å². The lowest BCUT2D eigenvalue weighted by molar-refractivity contribution is -0.138. The normalized spacial score (nSPS) is 10.7. The Morgan fingerprint density at radius 1 is 0.400 bits per heavy atom. The molecule has 0 spiro atoms. The molecule has 85 heavy (non-hydrogen) atoms. The van der Waals surface area contributed by atoms with Crippen molar-refractivity contribution in [1.82, 2.24) is 0 Å². The number of hydrogen-bond acceptors (Lipinski definition) is 16. The Balaban J connectivity index is 0.000000463. The fraction of sp³-hybridized carbons (Fsp3) is 0.382. The molecule has 0 fully saturated rings. The molecule has 0 saturated heterocycles. The van der Waals surface area contributed by atoms with Gasteiger partial charge in [0.1, 0.15) is 40.2 Å². The first-order valence-electron chi connectivity index (χ1n) is 28.4. The number of carbonyl (C=O) groups excluding carboxylic acids is 5. The fourth-order valence-corrected chi connectivity index (χ4v) is 7.70. The van der Waals surface area contributed by atoms with E-state index in [0.29, 0.717) is 85.1 Å². The number of carbonyl (C=O) groups is 6. The highest BCUT2D eigenvalue weighted by molar-refractivity contribution is 5.92. The topological polar surface area (TPSA) is 237 Å². The molecule has 5 rings (SSSR count). The first-order valence-corrected chi connectivity index (χ1v) is 28.4. The minimum absolute atomic E-state index is 0.136. The standard InChI is InChI=1S/C42H50O10.C16H20O5.C10H14O2/c1-6-38(43)49-28-14-10-8-12-26-47-33-20-16-31(17-21-33)40(45)51-35-24-25-37(36(30-35)42(3,4)5)52-41(46)32-18-22-34(23-19-32)48-27-13-9-11-15-29-50-39(44)7-2;1-2-15(17)21-12-6-4-3-5-11-20-14-9-7-13(8-10-14)16(18)19;1-10(2,3)8-6-7(11)4-5-9(8)12/h6-7,16-25,30H,1-2,8-15,26-29H2,3-5H3;2,7-10H,1,3-6,11-12H2,(H,18,19);4-6,11-12H,1-3H3. The van der Waals surface area contributed by atoms with Crippen molar-refractivity contribution in [3.05, 3.63) is 175 Å². The van der Waals surface area contributed by atoms with E-state index in [2.05, 4.69) is 19.7 Å². The molecule has 0 unspecified atom stereocenters. The van der Waals surface area contributed by atoms with E-state index in [4.69, 9.17) is 43.0 Å². The van der Waals surface area contributed by atoms with Crippen LogP contribution < -0.4 is 23.7 Å². The average Bonchev–Trinajstić information content (AvgIpc) is 3.05. The Bertz CT molecular complexity index is 2890. The number of esters is 5. The van der Waals surface area contributed by atoms with Gasteiger partial charge in [-0.25, -0.2) is 28.8 Å². The zero-order chi connectivity index (χ0) is 62.6. The fourth-order valence-electron chi connectivity index (χ4n) is 7.70. The molecule has 0 saturated carbocycles. The first-order chi connectivity index (χ1) is 40.5. The molecule has 458 valence electrons. The Labute approximate surface area is 500 Å². The van der Waals surface area contributed by atoms with Gasteiger partial charge in [0, 0.05) is 29.4 Å². The summed E-state index contributed by atoms with van der Waals surface area (Å²) in [4.78, 5) is 69.6. The maximum Gasteiger partial charge on any atom is 0.343 e. The lowest BCUT2D eigenvalue weighted by atomic mass is 9.86. The van der Waals surface area contributed by atoms with E-state index in [1.54, 1.807) is 84.9 Å². The second kappa shape index (κ2) is 38.1. The average molecular weight is 1170 g/mol. The van der Waals surface area contributed by atoms with Crippen molar-refractivity contribution in [2.45, 2.75) is 129 Å². The molecule has 0 atom stereocenters. The number of phenols is 2. The van der Waals surface area contributed by atoms with Crippen molar-refractivity contribution in [2.75, 3.05) is 39.6 Å². The highest BCUT2D eigenvalue weighted by atomic mass is 16.6. The number of ether oxygens (including phenoxy) is 8. The summed E-state index contributed by atoms with van der Waals surface area (Å²) in [5.41, 5.74) is 1.88. The molecule has 0 amide bonds. The van der Waals surface area contributed by atoms with Gasteiger partial charge < -0.3 is 53.2 Å². The van der Waals surface area contributed by atoms with Crippen molar-refractivity contribution >= 4 is 35.8 Å². The summed E-state index contributed by atoms with van der Waals surface area (Å²) >= 11 is 0. The van der Waals surface area contributed by atoms with Crippen molar-refractivity contribution in [2.24, 2.45) is 0 Å². The number of hydrogen-bond donors (Lipinski definition) is 3. The molecule has 5 aromatic carbocycles. The highest BCUT2D eigenvalue weighted by Gasteiger charge is 2.24. The van der Waals surface area contributed by atoms with Gasteiger partial charge in [0.25, 0.3) is 0 Å². The van der Waals surface area contributed by atoms with Crippen LogP contribution in [0, 0.1) is 0 Å². The van der Waals surface area contributed by atoms with Crippen LogP contribution >= 0.6 is 0 Å². The van der Waals surface area contributed by atoms with Crippen LogP contribution in [0.1, 0.15) is 161 Å². The van der Waals surface area contributed by atoms with Crippen LogP contribution in [0.5, 0.6) is 40.2 Å². The van der Waals surface area contributed by atoms with Crippen molar-refractivity contribution in [1.29, 1.82) is 0 Å². The monoisotopic (exact) mass is 1170 g/mol. The third kappa shape index (κ3) is 28.8. The Morgan fingerprint density at radius 2 is 0.741 bits per heavy atom. The molecule has 0 heterocycles. The zero-order valence-electron chi connectivity index (χ0n) is 50.0. The summed E-state index contributed by atoms with van der Waals surface area (Å²) < 4.78 is 43.4. The van der Waals surface area contributed by atoms with Crippen LogP contribution in [0.3, 0.4) is 0 Å². The number of carboxylic acids is 1. The van der Waals surface area contributed by atoms with E-state index in [9.17, 15) is 39.0 Å².